The van der Waals surface area contributed by atoms with Crippen molar-refractivity contribution in [2.45, 2.75) is 60.8 Å². The maximum absolute atomic E-state index is 2.41. The summed E-state index contributed by atoms with van der Waals surface area (Å²) in [5.74, 6) is 0. The van der Waals surface area contributed by atoms with Crippen molar-refractivity contribution in [3.63, 3.8) is 0 Å². The van der Waals surface area contributed by atoms with Crippen molar-refractivity contribution in [3.05, 3.63) is 108 Å². The van der Waals surface area contributed by atoms with Crippen LogP contribution in [0.3, 0.4) is 0 Å². The smallest absolute Gasteiger partial charge is 0.0171 e. The van der Waals surface area contributed by atoms with Crippen molar-refractivity contribution >= 4 is 43.1 Å². The van der Waals surface area contributed by atoms with Crippen LogP contribution < -0.4 is 0 Å². The Kier molecular flexibility index (Phi) is 7.69. The lowest BCUT2D eigenvalue weighted by Crippen LogP contribution is -2.16. The lowest BCUT2D eigenvalue weighted by molar-refractivity contribution is 0.672. The molecule has 0 heterocycles. The van der Waals surface area contributed by atoms with Gasteiger partial charge in [-0.15, -0.1) is 0 Å². The van der Waals surface area contributed by atoms with Gasteiger partial charge in [0.05, 0.1) is 0 Å². The zero-order valence-corrected chi connectivity index (χ0v) is 23.7. The van der Waals surface area contributed by atoms with Crippen molar-refractivity contribution < 1.29 is 0 Å². The Labute approximate surface area is 223 Å². The third kappa shape index (κ3) is 4.09. The van der Waals surface area contributed by atoms with E-state index >= 15 is 0 Å². The second-order valence-electron chi connectivity index (χ2n) is 9.41. The highest BCUT2D eigenvalue weighted by Crippen LogP contribution is 2.54. The molecule has 188 valence electrons. The molecule has 0 aliphatic heterocycles. The van der Waals surface area contributed by atoms with E-state index in [0.717, 1.165) is 0 Å². The Morgan fingerprint density at radius 3 is 1.57 bits per heavy atom. The number of benzene rings is 6. The van der Waals surface area contributed by atoms with Crippen molar-refractivity contribution in [2.75, 3.05) is 0 Å². The summed E-state index contributed by atoms with van der Waals surface area (Å²) in [4.78, 5) is 0. The molecule has 0 aromatic heterocycles. The molecule has 0 fully saturated rings. The second-order valence-corrected chi connectivity index (χ2v) is 9.41. The average Bonchev–Trinajstić information content (AvgIpc) is 3.21. The highest BCUT2D eigenvalue weighted by Gasteiger charge is 2.38. The molecular formula is C37H40. The van der Waals surface area contributed by atoms with Gasteiger partial charge >= 0.3 is 0 Å². The van der Waals surface area contributed by atoms with Crippen LogP contribution in [0.5, 0.6) is 0 Å². The molecule has 0 unspecified atom stereocenters. The Morgan fingerprint density at radius 2 is 0.892 bits per heavy atom. The van der Waals surface area contributed by atoms with Gasteiger partial charge in [-0.2, -0.15) is 0 Å². The monoisotopic (exact) mass is 484 g/mol. The van der Waals surface area contributed by atoms with E-state index in [0.29, 0.717) is 0 Å². The molecule has 1 aliphatic rings. The Balaban J connectivity index is 0.000000500. The molecule has 7 rings (SSSR count). The van der Waals surface area contributed by atoms with Crippen molar-refractivity contribution in [1.82, 2.24) is 0 Å². The van der Waals surface area contributed by atoms with E-state index in [2.05, 4.69) is 111 Å². The van der Waals surface area contributed by atoms with Gasteiger partial charge in [-0.05, 0) is 77.5 Å². The van der Waals surface area contributed by atoms with Crippen LogP contribution in [-0.4, -0.2) is 0 Å². The van der Waals surface area contributed by atoms with Gasteiger partial charge in [-0.1, -0.05) is 140 Å². The largest absolute Gasteiger partial charge is 0.0683 e. The van der Waals surface area contributed by atoms with Gasteiger partial charge in [-0.3, -0.25) is 0 Å². The van der Waals surface area contributed by atoms with E-state index in [9.17, 15) is 0 Å². The highest BCUT2D eigenvalue weighted by atomic mass is 14.4. The fourth-order valence-corrected chi connectivity index (χ4v) is 6.01. The molecule has 0 atom stereocenters. The number of rotatable bonds is 0. The molecule has 1 aliphatic carbocycles. The summed E-state index contributed by atoms with van der Waals surface area (Å²) >= 11 is 0. The summed E-state index contributed by atoms with van der Waals surface area (Å²) in [7, 11) is 0. The molecule has 6 aromatic rings. The summed E-state index contributed by atoms with van der Waals surface area (Å²) < 4.78 is 0. The first kappa shape index (κ1) is 26.4. The topological polar surface area (TPSA) is 0 Å². The van der Waals surface area contributed by atoms with Gasteiger partial charge in [0, 0.05) is 5.41 Å². The van der Waals surface area contributed by atoms with Crippen LogP contribution in [-0.2, 0) is 5.41 Å². The molecule has 0 nitrogen and oxygen atoms in total. The first-order valence-electron chi connectivity index (χ1n) is 14.0. The molecule has 0 amide bonds. The molecule has 0 N–H and O–H groups in total. The SMILES string of the molecule is CC.CC.CC.CC1(C)c2c(ccc3cc4ccccc4cc23)-c2ccc3ccc4ccccc4c3c21. The fourth-order valence-electron chi connectivity index (χ4n) is 6.01. The van der Waals surface area contributed by atoms with E-state index in [1.807, 2.05) is 41.5 Å². The first-order valence-corrected chi connectivity index (χ1v) is 14.0. The van der Waals surface area contributed by atoms with Crippen LogP contribution in [0.25, 0.3) is 54.2 Å². The van der Waals surface area contributed by atoms with Crippen LogP contribution in [0.4, 0.5) is 0 Å². The van der Waals surface area contributed by atoms with Gasteiger partial charge in [0.25, 0.3) is 0 Å². The first-order chi connectivity index (χ1) is 18.1. The quantitative estimate of drug-likeness (QED) is 0.148. The Bertz CT molecular complexity index is 1700. The van der Waals surface area contributed by atoms with Gasteiger partial charge in [0.2, 0.25) is 0 Å². The summed E-state index contributed by atoms with van der Waals surface area (Å²) in [5.41, 5.74) is 5.64. The van der Waals surface area contributed by atoms with Crippen LogP contribution >= 0.6 is 0 Å². The Morgan fingerprint density at radius 1 is 0.405 bits per heavy atom. The summed E-state index contributed by atoms with van der Waals surface area (Å²) in [5, 5.41) is 10.7. The maximum Gasteiger partial charge on any atom is 0.0171 e. The molecule has 0 saturated carbocycles. The molecule has 0 saturated heterocycles. The van der Waals surface area contributed by atoms with Crippen LogP contribution in [0.15, 0.2) is 97.1 Å². The normalized spacial score (nSPS) is 12.5. The van der Waals surface area contributed by atoms with Crippen molar-refractivity contribution in [1.29, 1.82) is 0 Å². The van der Waals surface area contributed by atoms with Crippen LogP contribution in [0.1, 0.15) is 66.5 Å². The van der Waals surface area contributed by atoms with E-state index in [1.54, 1.807) is 0 Å². The average molecular weight is 485 g/mol. The third-order valence-corrected chi connectivity index (χ3v) is 7.34. The fraction of sp³-hybridized carbons (Fsp3) is 0.243. The second kappa shape index (κ2) is 10.8. The van der Waals surface area contributed by atoms with Gasteiger partial charge in [-0.25, -0.2) is 0 Å². The third-order valence-electron chi connectivity index (χ3n) is 7.34. The van der Waals surface area contributed by atoms with E-state index < -0.39 is 0 Å². The molecule has 0 bridgehead atoms. The maximum atomic E-state index is 2.41. The standard InChI is InChI=1S/C31H22.3C2H6/c1-31(2)29-25(16-14-23-17-21-8-3-4-9-22(21)18-27(23)29)26-15-13-20-12-11-19-7-5-6-10-24(19)28(20)30(26)31;3*1-2/h3-18H,1-2H3;3*1-2H3. The van der Waals surface area contributed by atoms with Gasteiger partial charge in [0.1, 0.15) is 0 Å². The number of hydrogen-bond donors (Lipinski definition) is 0. The van der Waals surface area contributed by atoms with E-state index in [4.69, 9.17) is 0 Å². The zero-order chi connectivity index (χ0) is 26.7. The number of fused-ring (bicyclic) bond motifs is 10. The molecule has 6 aromatic carbocycles. The van der Waals surface area contributed by atoms with Crippen LogP contribution in [0, 0.1) is 0 Å². The summed E-state index contributed by atoms with van der Waals surface area (Å²) in [6.07, 6.45) is 0. The molecule has 37 heavy (non-hydrogen) atoms. The molecule has 0 spiro atoms. The minimum absolute atomic E-state index is 0.0731. The van der Waals surface area contributed by atoms with E-state index in [-0.39, 0.29) is 5.41 Å². The van der Waals surface area contributed by atoms with Gasteiger partial charge in [0.15, 0.2) is 0 Å². The molecule has 0 radical (unpaired) electrons. The van der Waals surface area contributed by atoms with Crippen molar-refractivity contribution in [3.8, 4) is 11.1 Å². The van der Waals surface area contributed by atoms with Crippen molar-refractivity contribution in [2.24, 2.45) is 0 Å². The highest BCUT2D eigenvalue weighted by molar-refractivity contribution is 6.14. The Hall–Kier alpha value is -3.64. The van der Waals surface area contributed by atoms with E-state index in [1.165, 1.54) is 65.3 Å². The summed E-state index contributed by atoms with van der Waals surface area (Å²) in [6, 6.07) is 36.1. The number of hydrogen-bond acceptors (Lipinski definition) is 0. The zero-order valence-electron chi connectivity index (χ0n) is 23.7. The minimum Gasteiger partial charge on any atom is -0.0683 e. The lowest BCUT2D eigenvalue weighted by Gasteiger charge is -2.25. The molecule has 0 heteroatoms. The summed E-state index contributed by atoms with van der Waals surface area (Å²) in [6.45, 7) is 16.8. The van der Waals surface area contributed by atoms with Gasteiger partial charge < -0.3 is 0 Å². The minimum atomic E-state index is -0.0731. The predicted molar refractivity (Wildman–Crippen MR) is 168 cm³/mol. The van der Waals surface area contributed by atoms with Crippen LogP contribution in [0.2, 0.25) is 0 Å². The lowest BCUT2D eigenvalue weighted by atomic mass is 9.77. The molecular weight excluding hydrogens is 444 g/mol. The predicted octanol–water partition coefficient (Wildman–Crippen LogP) is 11.7.